The molecule has 2 bridgehead atoms. The number of hydrogen-bond acceptors (Lipinski definition) is 4. The van der Waals surface area contributed by atoms with E-state index in [1.807, 2.05) is 0 Å². The normalized spacial score (nSPS) is 32.1. The van der Waals surface area contributed by atoms with Gasteiger partial charge in [0.25, 0.3) is 0 Å². The Bertz CT molecular complexity index is 570. The molecule has 2 unspecified atom stereocenters. The van der Waals surface area contributed by atoms with Crippen molar-refractivity contribution in [1.29, 1.82) is 0 Å². The average molecular weight is 329 g/mol. The van der Waals surface area contributed by atoms with Crippen LogP contribution in [-0.4, -0.2) is 49.2 Å². The third kappa shape index (κ3) is 3.28. The highest BCUT2D eigenvalue weighted by molar-refractivity contribution is 5.82. The number of rotatable bonds is 5. The zero-order valence-electron chi connectivity index (χ0n) is 14.4. The number of fused-ring (bicyclic) bond motifs is 2. The molecule has 1 aromatic carbocycles. The van der Waals surface area contributed by atoms with Crippen LogP contribution in [-0.2, 0) is 20.8 Å². The van der Waals surface area contributed by atoms with Gasteiger partial charge in [-0.25, -0.2) is 0 Å². The van der Waals surface area contributed by atoms with Gasteiger partial charge in [0.1, 0.15) is 5.78 Å². The van der Waals surface area contributed by atoms with Gasteiger partial charge in [0.05, 0.1) is 26.4 Å². The van der Waals surface area contributed by atoms with Gasteiger partial charge in [-0.15, -0.1) is 0 Å². The van der Waals surface area contributed by atoms with Crippen LogP contribution in [0.15, 0.2) is 30.3 Å². The number of ketones is 1. The van der Waals surface area contributed by atoms with E-state index in [0.717, 1.165) is 45.8 Å². The van der Waals surface area contributed by atoms with Gasteiger partial charge in [0.2, 0.25) is 0 Å². The van der Waals surface area contributed by atoms with E-state index in [-0.39, 0.29) is 11.3 Å². The van der Waals surface area contributed by atoms with Crippen molar-refractivity contribution in [1.82, 2.24) is 4.90 Å². The van der Waals surface area contributed by atoms with Crippen LogP contribution in [0.25, 0.3) is 0 Å². The Morgan fingerprint density at radius 3 is 2.38 bits per heavy atom. The number of carbonyl (C=O) groups is 1. The number of benzene rings is 1. The first-order chi connectivity index (χ1) is 11.6. The summed E-state index contributed by atoms with van der Waals surface area (Å²) in [5.41, 5.74) is 1.43. The Balaban J connectivity index is 1.41. The van der Waals surface area contributed by atoms with Gasteiger partial charge < -0.3 is 9.47 Å². The molecule has 1 aromatic rings. The number of hydrogen-bond donors (Lipinski definition) is 0. The smallest absolute Gasteiger partial charge is 0.136 e. The monoisotopic (exact) mass is 329 g/mol. The van der Waals surface area contributed by atoms with Crippen LogP contribution in [0.1, 0.15) is 31.7 Å². The SMILES string of the molecule is CC1(CC(=O)C2CC3COCC(C2)N3Cc2ccccc2)COC1. The Kier molecular flexibility index (Phi) is 4.46. The first-order valence-corrected chi connectivity index (χ1v) is 9.11. The fraction of sp³-hybridized carbons (Fsp3) is 0.650. The zero-order chi connectivity index (χ0) is 16.6. The molecular weight excluding hydrogens is 302 g/mol. The van der Waals surface area contributed by atoms with E-state index in [1.54, 1.807) is 0 Å². The summed E-state index contributed by atoms with van der Waals surface area (Å²) in [5, 5.41) is 0. The molecule has 3 fully saturated rings. The van der Waals surface area contributed by atoms with E-state index in [1.165, 1.54) is 5.56 Å². The first kappa shape index (κ1) is 16.2. The van der Waals surface area contributed by atoms with Crippen LogP contribution in [0.2, 0.25) is 0 Å². The van der Waals surface area contributed by atoms with Crippen LogP contribution in [0.3, 0.4) is 0 Å². The van der Waals surface area contributed by atoms with Gasteiger partial charge in [0, 0.05) is 36.4 Å². The largest absolute Gasteiger partial charge is 0.380 e. The van der Waals surface area contributed by atoms with Gasteiger partial charge in [-0.1, -0.05) is 37.3 Å². The highest BCUT2D eigenvalue weighted by Crippen LogP contribution is 2.37. The topological polar surface area (TPSA) is 38.8 Å². The summed E-state index contributed by atoms with van der Waals surface area (Å²) < 4.78 is 11.1. The molecule has 0 saturated carbocycles. The predicted molar refractivity (Wildman–Crippen MR) is 91.7 cm³/mol. The minimum atomic E-state index is 0.0872. The van der Waals surface area contributed by atoms with Crippen LogP contribution >= 0.6 is 0 Å². The molecule has 2 atom stereocenters. The number of carbonyl (C=O) groups excluding carboxylic acids is 1. The van der Waals surface area contributed by atoms with Gasteiger partial charge in [0.15, 0.2) is 0 Å². The number of nitrogens with zero attached hydrogens (tertiary/aromatic N) is 1. The highest BCUT2D eigenvalue weighted by Gasteiger charge is 2.43. The molecule has 4 rings (SSSR count). The van der Waals surface area contributed by atoms with Crippen molar-refractivity contribution in [3.63, 3.8) is 0 Å². The molecule has 4 heteroatoms. The fourth-order valence-electron chi connectivity index (χ4n) is 4.42. The van der Waals surface area contributed by atoms with Crippen LogP contribution in [0, 0.1) is 11.3 Å². The summed E-state index contributed by atoms with van der Waals surface area (Å²) in [6.07, 6.45) is 2.56. The first-order valence-electron chi connectivity index (χ1n) is 9.11. The number of Topliss-reactive ketones (excluding diaryl/α,β-unsaturated/α-hetero) is 1. The van der Waals surface area contributed by atoms with E-state index in [4.69, 9.17) is 9.47 Å². The summed E-state index contributed by atoms with van der Waals surface area (Å²) in [7, 11) is 0. The Hall–Kier alpha value is -1.23. The molecule has 3 heterocycles. The van der Waals surface area contributed by atoms with Crippen molar-refractivity contribution in [2.24, 2.45) is 11.3 Å². The van der Waals surface area contributed by atoms with Crippen LogP contribution in [0.5, 0.6) is 0 Å². The molecule has 0 spiro atoms. The molecule has 3 aliphatic heterocycles. The Labute approximate surface area is 144 Å². The number of piperidine rings is 1. The second kappa shape index (κ2) is 6.58. The van der Waals surface area contributed by atoms with E-state index in [9.17, 15) is 4.79 Å². The molecule has 0 amide bonds. The lowest BCUT2D eigenvalue weighted by atomic mass is 9.75. The third-order valence-electron chi connectivity index (χ3n) is 5.84. The molecule has 0 aromatic heterocycles. The zero-order valence-corrected chi connectivity index (χ0v) is 14.4. The summed E-state index contributed by atoms with van der Waals surface area (Å²) in [6, 6.07) is 11.4. The molecule has 0 radical (unpaired) electrons. The summed E-state index contributed by atoms with van der Waals surface area (Å²) in [6.45, 7) is 6.12. The predicted octanol–water partition coefficient (Wildman–Crippen LogP) is 2.66. The van der Waals surface area contributed by atoms with Crippen molar-refractivity contribution < 1.29 is 14.3 Å². The highest BCUT2D eigenvalue weighted by atomic mass is 16.5. The second-order valence-corrected chi connectivity index (χ2v) is 8.12. The lowest BCUT2D eigenvalue weighted by Gasteiger charge is -2.49. The Morgan fingerprint density at radius 1 is 1.12 bits per heavy atom. The van der Waals surface area contributed by atoms with Crippen LogP contribution in [0.4, 0.5) is 0 Å². The van der Waals surface area contributed by atoms with Crippen molar-refractivity contribution >= 4 is 5.78 Å². The second-order valence-electron chi connectivity index (χ2n) is 8.12. The number of morpholine rings is 1. The fourth-order valence-corrected chi connectivity index (χ4v) is 4.42. The van der Waals surface area contributed by atoms with E-state index in [0.29, 0.717) is 24.3 Å². The maximum absolute atomic E-state index is 12.8. The molecule has 4 nitrogen and oxygen atoms in total. The standard InChI is InChI=1S/C20H27NO3/c1-20(13-24-14-20)9-19(22)16-7-17-11-23-12-18(8-16)21(17)10-15-5-3-2-4-6-15/h2-6,16-18H,7-14H2,1H3. The molecule has 24 heavy (non-hydrogen) atoms. The summed E-state index contributed by atoms with van der Waals surface area (Å²) in [5.74, 6) is 0.644. The van der Waals surface area contributed by atoms with Crippen molar-refractivity contribution in [2.45, 2.75) is 44.8 Å². The van der Waals surface area contributed by atoms with Gasteiger partial charge >= 0.3 is 0 Å². The minimum absolute atomic E-state index is 0.0872. The van der Waals surface area contributed by atoms with Gasteiger partial charge in [-0.3, -0.25) is 9.69 Å². The lowest BCUT2D eigenvalue weighted by molar-refractivity contribution is -0.147. The van der Waals surface area contributed by atoms with Crippen molar-refractivity contribution in [2.75, 3.05) is 26.4 Å². The van der Waals surface area contributed by atoms with Gasteiger partial charge in [-0.2, -0.15) is 0 Å². The van der Waals surface area contributed by atoms with Gasteiger partial charge in [-0.05, 0) is 18.4 Å². The van der Waals surface area contributed by atoms with Crippen LogP contribution < -0.4 is 0 Å². The molecule has 3 aliphatic rings. The van der Waals surface area contributed by atoms with E-state index in [2.05, 4.69) is 42.2 Å². The minimum Gasteiger partial charge on any atom is -0.380 e. The summed E-state index contributed by atoms with van der Waals surface area (Å²) in [4.78, 5) is 15.4. The van der Waals surface area contributed by atoms with E-state index < -0.39 is 0 Å². The maximum atomic E-state index is 12.8. The maximum Gasteiger partial charge on any atom is 0.136 e. The van der Waals surface area contributed by atoms with E-state index >= 15 is 0 Å². The van der Waals surface area contributed by atoms with Crippen molar-refractivity contribution in [3.05, 3.63) is 35.9 Å². The lowest BCUT2D eigenvalue weighted by Crippen LogP contribution is -2.57. The molecule has 0 N–H and O–H groups in total. The summed E-state index contributed by atoms with van der Waals surface area (Å²) >= 11 is 0. The number of ether oxygens (including phenoxy) is 2. The van der Waals surface area contributed by atoms with Crippen molar-refractivity contribution in [3.8, 4) is 0 Å². The third-order valence-corrected chi connectivity index (χ3v) is 5.84. The molecule has 3 saturated heterocycles. The molecule has 0 aliphatic carbocycles. The Morgan fingerprint density at radius 2 is 1.79 bits per heavy atom. The molecule has 130 valence electrons. The quantitative estimate of drug-likeness (QED) is 0.832. The molecular formula is C20H27NO3. The average Bonchev–Trinajstić information content (AvgIpc) is 2.54.